The predicted octanol–water partition coefficient (Wildman–Crippen LogP) is -7.32. The van der Waals surface area contributed by atoms with E-state index in [2.05, 4.69) is 18.9 Å². The van der Waals surface area contributed by atoms with Gasteiger partial charge in [-0.05, 0) is 0 Å². The summed E-state index contributed by atoms with van der Waals surface area (Å²) in [5.41, 5.74) is 0. The lowest BCUT2D eigenvalue weighted by Crippen LogP contribution is -2.52. The highest BCUT2D eigenvalue weighted by atomic mass is 17.0. The van der Waals surface area contributed by atoms with Crippen LogP contribution in [0.25, 0.3) is 0 Å². The van der Waals surface area contributed by atoms with Gasteiger partial charge in [0.1, 0.15) is 24.4 Å². The molecular formula is C13H16O16. The summed E-state index contributed by atoms with van der Waals surface area (Å²) >= 11 is 0. The monoisotopic (exact) mass is 428 g/mol. The van der Waals surface area contributed by atoms with E-state index in [-0.39, 0.29) is 0 Å². The Hall–Kier alpha value is -2.44. The summed E-state index contributed by atoms with van der Waals surface area (Å²) in [6, 6.07) is 0. The minimum absolute atomic E-state index is 2.04. The second kappa shape index (κ2) is 8.13. The Labute approximate surface area is 159 Å². The Kier molecular flexibility index (Phi) is 6.40. The van der Waals surface area contributed by atoms with E-state index in [1.807, 2.05) is 0 Å². The average molecular weight is 428 g/mol. The van der Waals surface area contributed by atoms with Gasteiger partial charge in [-0.3, -0.25) is 0 Å². The van der Waals surface area contributed by atoms with Crippen LogP contribution in [-0.4, -0.2) is 120 Å². The van der Waals surface area contributed by atoms with Crippen molar-refractivity contribution in [3.63, 3.8) is 0 Å². The number of hydrogen-bond acceptors (Lipinski definition) is 16. The Morgan fingerprint density at radius 3 is 0.793 bits per heavy atom. The van der Waals surface area contributed by atoms with Crippen molar-refractivity contribution in [3.8, 4) is 0 Å². The smallest absolute Gasteiger partial charge is 0.387 e. The molecule has 2 fully saturated rings. The number of ether oxygens (including phenoxy) is 4. The molecule has 0 aliphatic carbocycles. The molecule has 8 N–H and O–H groups in total. The fraction of sp³-hybridized carbons (Fsp3) is 0.692. The molecule has 16 nitrogen and oxygen atoms in total. The number of aliphatic hydroxyl groups is 8. The van der Waals surface area contributed by atoms with Gasteiger partial charge in [0.25, 0.3) is 0 Å². The highest BCUT2D eigenvalue weighted by molar-refractivity contribution is 5.82. The van der Waals surface area contributed by atoms with Crippen molar-refractivity contribution in [2.75, 3.05) is 0 Å². The van der Waals surface area contributed by atoms with Crippen LogP contribution >= 0.6 is 0 Å². The molecule has 9 atom stereocenters. The number of rotatable bonds is 0. The van der Waals surface area contributed by atoms with E-state index in [1.54, 1.807) is 0 Å². The molecule has 29 heavy (non-hydrogen) atoms. The van der Waals surface area contributed by atoms with Crippen LogP contribution in [0.2, 0.25) is 0 Å². The lowest BCUT2D eigenvalue weighted by Gasteiger charge is -2.29. The summed E-state index contributed by atoms with van der Waals surface area (Å²) < 4.78 is 17.1. The first kappa shape index (κ1) is 22.8. The van der Waals surface area contributed by atoms with Crippen molar-refractivity contribution in [2.45, 2.75) is 55.0 Å². The largest absolute Gasteiger partial charge is 0.620 e. The topological polar surface area (TPSA) is 267 Å². The predicted molar refractivity (Wildman–Crippen MR) is 75.2 cm³/mol. The summed E-state index contributed by atoms with van der Waals surface area (Å²) in [6.45, 7) is 0. The van der Waals surface area contributed by atoms with E-state index in [0.29, 0.717) is 0 Å². The summed E-state index contributed by atoms with van der Waals surface area (Å²) in [7, 11) is 0. The molecule has 0 saturated carbocycles. The van der Waals surface area contributed by atoms with E-state index < -0.39 is 78.9 Å². The molecule has 1 unspecified atom stereocenters. The first-order chi connectivity index (χ1) is 13.3. The molecule has 2 aliphatic heterocycles. The third-order valence-corrected chi connectivity index (χ3v) is 3.86. The lowest BCUT2D eigenvalue weighted by atomic mass is 10.0. The molecule has 0 amide bonds. The van der Waals surface area contributed by atoms with E-state index in [1.165, 1.54) is 0 Å². The Morgan fingerprint density at radius 1 is 0.448 bits per heavy atom. The van der Waals surface area contributed by atoms with Crippen LogP contribution < -0.4 is 0 Å². The SMILES string of the molecule is O=C1OC2(OC(=O)[C@@H](O)[C@@H](O)[C@@H](O)[C@@H]1O)OC(=O)[C@H](O)[C@H](O)[C@H](O)[C@@H](O)C(=O)O2. The van der Waals surface area contributed by atoms with Gasteiger partial charge in [0.15, 0.2) is 24.4 Å². The zero-order valence-corrected chi connectivity index (χ0v) is 14.0. The molecule has 1 spiro atoms. The summed E-state index contributed by atoms with van der Waals surface area (Å²) in [6.07, 6.45) is -25.0. The van der Waals surface area contributed by atoms with Crippen molar-refractivity contribution in [3.05, 3.63) is 0 Å². The molecule has 2 rings (SSSR count). The van der Waals surface area contributed by atoms with Gasteiger partial charge >= 0.3 is 30.0 Å². The van der Waals surface area contributed by atoms with Crippen LogP contribution in [0, 0.1) is 0 Å². The van der Waals surface area contributed by atoms with Gasteiger partial charge in [-0.15, -0.1) is 0 Å². The maximum atomic E-state index is 11.9. The molecule has 2 saturated heterocycles. The van der Waals surface area contributed by atoms with Crippen molar-refractivity contribution in [1.29, 1.82) is 0 Å². The average Bonchev–Trinajstić information content (AvgIpc) is 2.70. The third kappa shape index (κ3) is 4.28. The fourth-order valence-electron chi connectivity index (χ4n) is 2.16. The molecule has 0 bridgehead atoms. The first-order valence-corrected chi connectivity index (χ1v) is 7.67. The molecule has 164 valence electrons. The normalized spacial score (nSPS) is 44.7. The van der Waals surface area contributed by atoms with Gasteiger partial charge in [-0.1, -0.05) is 0 Å². The van der Waals surface area contributed by atoms with Gasteiger partial charge in [-0.25, -0.2) is 19.2 Å². The van der Waals surface area contributed by atoms with E-state index in [4.69, 9.17) is 0 Å². The highest BCUT2D eigenvalue weighted by Crippen LogP contribution is 2.27. The molecule has 0 aromatic heterocycles. The van der Waals surface area contributed by atoms with Crippen LogP contribution in [-0.2, 0) is 38.1 Å². The molecule has 2 aliphatic rings. The van der Waals surface area contributed by atoms with Crippen molar-refractivity contribution in [2.24, 2.45) is 0 Å². The standard InChI is InChI=1S/C13H16O16/c14-1-2(15)6(19)10(23)27-13(26-9(22)5(1)18)28-11(24)7(20)3(16)4(17)8(21)12(25)29-13/h1-8,14-21H/t1-,2+,3-,4+,5-,6-,7+,8+,13?. The van der Waals surface area contributed by atoms with Gasteiger partial charge in [0, 0.05) is 0 Å². The van der Waals surface area contributed by atoms with E-state index in [0.717, 1.165) is 0 Å². The third-order valence-electron chi connectivity index (χ3n) is 3.86. The second-order valence-electron chi connectivity index (χ2n) is 5.93. The van der Waals surface area contributed by atoms with Gasteiger partial charge in [-0.2, -0.15) is 0 Å². The Bertz CT molecular complexity index is 573. The van der Waals surface area contributed by atoms with Crippen LogP contribution in [0.1, 0.15) is 0 Å². The van der Waals surface area contributed by atoms with E-state index >= 15 is 0 Å². The number of esters is 4. The van der Waals surface area contributed by atoms with Crippen molar-refractivity contribution in [1.82, 2.24) is 0 Å². The van der Waals surface area contributed by atoms with Crippen molar-refractivity contribution < 1.29 is 79.0 Å². The molecule has 0 aromatic carbocycles. The Balaban J connectivity index is 2.55. The second-order valence-corrected chi connectivity index (χ2v) is 5.93. The minimum Gasteiger partial charge on any atom is -0.387 e. The van der Waals surface area contributed by atoms with E-state index in [9.17, 15) is 60.0 Å². The van der Waals surface area contributed by atoms with Crippen LogP contribution in [0.4, 0.5) is 0 Å². The zero-order chi connectivity index (χ0) is 22.3. The number of hydrogen-bond donors (Lipinski definition) is 8. The van der Waals surface area contributed by atoms with Crippen LogP contribution in [0.15, 0.2) is 0 Å². The highest BCUT2D eigenvalue weighted by Gasteiger charge is 2.58. The zero-order valence-electron chi connectivity index (χ0n) is 14.0. The number of aliphatic hydroxyl groups excluding tert-OH is 8. The lowest BCUT2D eigenvalue weighted by molar-refractivity contribution is -0.436. The summed E-state index contributed by atoms with van der Waals surface area (Å²) in [4.78, 5) is 47.7. The summed E-state index contributed by atoms with van der Waals surface area (Å²) in [5, 5.41) is 77.0. The molecule has 16 heteroatoms. The first-order valence-electron chi connectivity index (χ1n) is 7.67. The fourth-order valence-corrected chi connectivity index (χ4v) is 2.16. The minimum atomic E-state index is -3.94. The number of carbonyl (C=O) groups excluding carboxylic acids is 4. The quantitative estimate of drug-likeness (QED) is 0.166. The van der Waals surface area contributed by atoms with Gasteiger partial charge in [0.2, 0.25) is 0 Å². The van der Waals surface area contributed by atoms with Gasteiger partial charge < -0.3 is 59.8 Å². The van der Waals surface area contributed by atoms with Gasteiger partial charge in [0.05, 0.1) is 0 Å². The summed E-state index contributed by atoms with van der Waals surface area (Å²) in [5.74, 6) is -8.15. The maximum absolute atomic E-state index is 11.9. The van der Waals surface area contributed by atoms with Crippen LogP contribution in [0.5, 0.6) is 0 Å². The molecule has 0 aromatic rings. The molecule has 2 heterocycles. The van der Waals surface area contributed by atoms with Crippen molar-refractivity contribution >= 4 is 23.9 Å². The van der Waals surface area contributed by atoms with Crippen LogP contribution in [0.3, 0.4) is 0 Å². The maximum Gasteiger partial charge on any atom is 0.620 e. The molecular weight excluding hydrogens is 412 g/mol. The number of carbonyl (C=O) groups is 4. The molecule has 0 radical (unpaired) electrons. The Morgan fingerprint density at radius 2 is 0.621 bits per heavy atom.